The van der Waals surface area contributed by atoms with E-state index in [0.29, 0.717) is 6.04 Å². The van der Waals surface area contributed by atoms with Gasteiger partial charge in [0.2, 0.25) is 0 Å². The normalized spacial score (nSPS) is 18.7. The summed E-state index contributed by atoms with van der Waals surface area (Å²) in [4.78, 5) is 22.3. The molecule has 7 heteroatoms. The van der Waals surface area contributed by atoms with Crippen LogP contribution in [0, 0.1) is 13.8 Å². The number of hydrogen-bond donors (Lipinski definition) is 0. The Bertz CT molecular complexity index is 856. The molecule has 0 radical (unpaired) electrons. The summed E-state index contributed by atoms with van der Waals surface area (Å²) in [5.74, 6) is 1.02. The topological polar surface area (TPSA) is 56.1 Å². The number of piperazine rings is 2. The molecule has 2 saturated heterocycles. The van der Waals surface area contributed by atoms with Crippen LogP contribution in [0.15, 0.2) is 28.8 Å². The van der Waals surface area contributed by atoms with E-state index in [1.54, 1.807) is 0 Å². The van der Waals surface area contributed by atoms with Crippen molar-refractivity contribution in [3.05, 3.63) is 46.8 Å². The molecule has 1 amide bonds. The Morgan fingerprint density at radius 3 is 2.16 bits per heavy atom. The number of hydrogen-bond acceptors (Lipinski definition) is 6. The van der Waals surface area contributed by atoms with Crippen LogP contribution in [0.2, 0.25) is 0 Å². The molecule has 168 valence electrons. The lowest BCUT2D eigenvalue weighted by Gasteiger charge is -2.38. The minimum Gasteiger partial charge on any atom is -0.369 e. The van der Waals surface area contributed by atoms with E-state index in [0.717, 1.165) is 75.9 Å². The van der Waals surface area contributed by atoms with Gasteiger partial charge in [-0.2, -0.15) is 0 Å². The van der Waals surface area contributed by atoms with Gasteiger partial charge in [-0.1, -0.05) is 5.16 Å². The van der Waals surface area contributed by atoms with Crippen LogP contribution in [0.4, 0.5) is 5.69 Å². The summed E-state index contributed by atoms with van der Waals surface area (Å²) in [5.41, 5.74) is 4.12. The summed E-state index contributed by atoms with van der Waals surface area (Å²) in [5, 5.41) is 4.04. The highest BCUT2D eigenvalue weighted by Crippen LogP contribution is 2.20. The fraction of sp³-hybridized carbons (Fsp3) is 0.583. The fourth-order valence-electron chi connectivity index (χ4n) is 4.55. The number of carbonyl (C=O) groups excluding carboxylic acids is 1. The molecule has 2 aliphatic heterocycles. The molecule has 2 aromatic rings. The maximum atomic E-state index is 13.0. The van der Waals surface area contributed by atoms with Crippen LogP contribution >= 0.6 is 0 Å². The zero-order chi connectivity index (χ0) is 22.0. The number of benzene rings is 1. The smallest absolute Gasteiger partial charge is 0.253 e. The highest BCUT2D eigenvalue weighted by molar-refractivity contribution is 5.94. The first-order chi connectivity index (χ1) is 14.9. The molecule has 31 heavy (non-hydrogen) atoms. The van der Waals surface area contributed by atoms with Crippen LogP contribution < -0.4 is 4.90 Å². The lowest BCUT2D eigenvalue weighted by atomic mass is 10.1. The second-order valence-corrected chi connectivity index (χ2v) is 9.03. The second kappa shape index (κ2) is 9.40. The van der Waals surface area contributed by atoms with E-state index in [-0.39, 0.29) is 5.91 Å². The van der Waals surface area contributed by atoms with Gasteiger partial charge in [0.1, 0.15) is 5.76 Å². The number of aromatic nitrogens is 1. The highest BCUT2D eigenvalue weighted by atomic mass is 16.5. The van der Waals surface area contributed by atoms with Crippen LogP contribution in [-0.4, -0.2) is 84.2 Å². The van der Waals surface area contributed by atoms with Crippen LogP contribution in [-0.2, 0) is 6.54 Å². The Morgan fingerprint density at radius 2 is 1.61 bits per heavy atom. The summed E-state index contributed by atoms with van der Waals surface area (Å²) in [6.07, 6.45) is 0. The molecule has 2 aliphatic rings. The monoisotopic (exact) mass is 425 g/mol. The van der Waals surface area contributed by atoms with Crippen molar-refractivity contribution in [2.45, 2.75) is 40.3 Å². The first-order valence-corrected chi connectivity index (χ1v) is 11.4. The highest BCUT2D eigenvalue weighted by Gasteiger charge is 2.24. The fourth-order valence-corrected chi connectivity index (χ4v) is 4.55. The molecule has 3 heterocycles. The largest absolute Gasteiger partial charge is 0.369 e. The number of aryl methyl sites for hydroxylation is 2. The van der Waals surface area contributed by atoms with Crippen LogP contribution in [0.25, 0.3) is 0 Å². The Balaban J connectivity index is 1.29. The van der Waals surface area contributed by atoms with Crippen molar-refractivity contribution in [2.75, 3.05) is 57.3 Å². The Kier molecular flexibility index (Phi) is 6.62. The summed E-state index contributed by atoms with van der Waals surface area (Å²) in [6.45, 7) is 16.8. The van der Waals surface area contributed by atoms with E-state index in [1.165, 1.54) is 11.3 Å². The van der Waals surface area contributed by atoms with Crippen molar-refractivity contribution in [2.24, 2.45) is 0 Å². The van der Waals surface area contributed by atoms with E-state index in [4.69, 9.17) is 4.52 Å². The minimum atomic E-state index is 0.133. The van der Waals surface area contributed by atoms with Gasteiger partial charge >= 0.3 is 0 Å². The molecule has 1 aromatic carbocycles. The molecule has 4 rings (SSSR count). The zero-order valence-electron chi connectivity index (χ0n) is 19.3. The molecule has 7 nitrogen and oxygen atoms in total. The molecule has 0 unspecified atom stereocenters. The Hall–Kier alpha value is -2.38. The van der Waals surface area contributed by atoms with Crippen molar-refractivity contribution in [3.63, 3.8) is 0 Å². The third-order valence-electron chi connectivity index (χ3n) is 6.75. The lowest BCUT2D eigenvalue weighted by Crippen LogP contribution is -2.49. The van der Waals surface area contributed by atoms with Crippen molar-refractivity contribution in [3.8, 4) is 0 Å². The first-order valence-electron chi connectivity index (χ1n) is 11.4. The maximum Gasteiger partial charge on any atom is 0.253 e. The maximum absolute atomic E-state index is 13.0. The van der Waals surface area contributed by atoms with E-state index >= 15 is 0 Å². The van der Waals surface area contributed by atoms with E-state index < -0.39 is 0 Å². The Morgan fingerprint density at radius 1 is 0.968 bits per heavy atom. The number of anilines is 1. The predicted molar refractivity (Wildman–Crippen MR) is 123 cm³/mol. The van der Waals surface area contributed by atoms with Crippen molar-refractivity contribution < 1.29 is 9.32 Å². The molecule has 0 saturated carbocycles. The molecule has 0 N–H and O–H groups in total. The molecule has 0 atom stereocenters. The summed E-state index contributed by atoms with van der Waals surface area (Å²) >= 11 is 0. The Labute approximate surface area is 185 Å². The van der Waals surface area contributed by atoms with Gasteiger partial charge in [-0.15, -0.1) is 0 Å². The molecule has 0 aliphatic carbocycles. The molecular weight excluding hydrogens is 390 g/mol. The predicted octanol–water partition coefficient (Wildman–Crippen LogP) is 2.78. The van der Waals surface area contributed by atoms with Gasteiger partial charge in [-0.25, -0.2) is 0 Å². The van der Waals surface area contributed by atoms with Gasteiger partial charge < -0.3 is 14.3 Å². The van der Waals surface area contributed by atoms with Crippen molar-refractivity contribution >= 4 is 11.6 Å². The number of nitrogens with zero attached hydrogens (tertiary/aromatic N) is 5. The van der Waals surface area contributed by atoms with Crippen LogP contribution in [0.1, 0.15) is 41.2 Å². The summed E-state index contributed by atoms with van der Waals surface area (Å²) < 4.78 is 5.28. The standard InChI is InChI=1S/C24H35N5O2/c1-18(2)27-13-15-28(16-14-27)22-7-5-21(6-8-22)24(30)29-11-9-26(10-12-29)17-23-19(3)25-31-20(23)4/h5-8,18H,9-17H2,1-4H3. The average Bonchev–Trinajstić information content (AvgIpc) is 3.11. The van der Waals surface area contributed by atoms with Gasteiger partial charge in [-0.05, 0) is 52.0 Å². The first kappa shape index (κ1) is 21.8. The van der Waals surface area contributed by atoms with Gasteiger partial charge in [0.25, 0.3) is 5.91 Å². The van der Waals surface area contributed by atoms with Crippen LogP contribution in [0.5, 0.6) is 0 Å². The molecule has 0 bridgehead atoms. The average molecular weight is 426 g/mol. The number of carbonyl (C=O) groups is 1. The molecule has 0 spiro atoms. The van der Waals surface area contributed by atoms with Crippen molar-refractivity contribution in [1.29, 1.82) is 0 Å². The van der Waals surface area contributed by atoms with Gasteiger partial charge in [0.15, 0.2) is 0 Å². The van der Waals surface area contributed by atoms with E-state index in [9.17, 15) is 4.79 Å². The molecule has 2 fully saturated rings. The summed E-state index contributed by atoms with van der Waals surface area (Å²) in [7, 11) is 0. The zero-order valence-corrected chi connectivity index (χ0v) is 19.3. The summed E-state index contributed by atoms with van der Waals surface area (Å²) in [6, 6.07) is 8.79. The number of rotatable bonds is 5. The molecule has 1 aromatic heterocycles. The van der Waals surface area contributed by atoms with Gasteiger partial charge in [0, 0.05) is 81.8 Å². The van der Waals surface area contributed by atoms with Gasteiger partial charge in [-0.3, -0.25) is 14.6 Å². The minimum absolute atomic E-state index is 0.133. The van der Waals surface area contributed by atoms with Gasteiger partial charge in [0.05, 0.1) is 5.69 Å². The third kappa shape index (κ3) is 4.93. The SMILES string of the molecule is Cc1noc(C)c1CN1CCN(C(=O)c2ccc(N3CCN(C(C)C)CC3)cc2)CC1. The quantitative estimate of drug-likeness (QED) is 0.734. The van der Waals surface area contributed by atoms with Crippen LogP contribution in [0.3, 0.4) is 0 Å². The van der Waals surface area contributed by atoms with E-state index in [2.05, 4.69) is 45.8 Å². The second-order valence-electron chi connectivity index (χ2n) is 9.03. The van der Waals surface area contributed by atoms with E-state index in [1.807, 2.05) is 30.9 Å². The third-order valence-corrected chi connectivity index (χ3v) is 6.75. The number of amides is 1. The lowest BCUT2D eigenvalue weighted by molar-refractivity contribution is 0.0627. The van der Waals surface area contributed by atoms with Crippen molar-refractivity contribution in [1.82, 2.24) is 19.9 Å². The molecular formula is C24H35N5O2.